The highest BCUT2D eigenvalue weighted by Gasteiger charge is 2.26. The molecule has 0 saturated carbocycles. The maximum absolute atomic E-state index is 14.3. The fourth-order valence-electron chi connectivity index (χ4n) is 6.21. The molecule has 0 aliphatic heterocycles. The van der Waals surface area contributed by atoms with Crippen molar-refractivity contribution in [3.05, 3.63) is 93.8 Å². The van der Waals surface area contributed by atoms with E-state index in [1.807, 2.05) is 36.4 Å². The number of benzene rings is 3. The summed E-state index contributed by atoms with van der Waals surface area (Å²) in [6, 6.07) is 20.8. The van der Waals surface area contributed by atoms with Crippen LogP contribution in [-0.2, 0) is 5.92 Å². The van der Waals surface area contributed by atoms with Gasteiger partial charge < -0.3 is 4.98 Å². The van der Waals surface area contributed by atoms with Gasteiger partial charge >= 0.3 is 0 Å². The number of fused-ring (bicyclic) bond motifs is 3. The normalized spacial score (nSPS) is 13.6. The summed E-state index contributed by atoms with van der Waals surface area (Å²) in [5.74, 6) is -2.44. The van der Waals surface area contributed by atoms with Gasteiger partial charge in [-0.3, -0.25) is 4.79 Å². The van der Waals surface area contributed by atoms with Crippen molar-refractivity contribution in [1.82, 2.24) is 4.98 Å². The second-order valence-corrected chi connectivity index (χ2v) is 12.2. The monoisotopic (exact) mass is 561 g/mol. The lowest BCUT2D eigenvalue weighted by molar-refractivity contribution is 0.0174. The zero-order valence-corrected chi connectivity index (χ0v) is 25.2. The number of H-pyrrole nitrogens is 1. The van der Waals surface area contributed by atoms with E-state index in [4.69, 9.17) is 0 Å². The molecule has 1 heterocycles. The third-order valence-electron chi connectivity index (χ3n) is 8.64. The Morgan fingerprint density at radius 1 is 0.756 bits per heavy atom. The van der Waals surface area contributed by atoms with Crippen molar-refractivity contribution in [2.75, 3.05) is 0 Å². The fourth-order valence-corrected chi connectivity index (χ4v) is 6.21. The minimum Gasteiger partial charge on any atom is -0.321 e. The Balaban J connectivity index is 0.00000484. The van der Waals surface area contributed by atoms with Crippen molar-refractivity contribution in [2.24, 2.45) is 5.92 Å². The molecule has 0 bridgehead atoms. The van der Waals surface area contributed by atoms with E-state index in [0.717, 1.165) is 47.2 Å². The van der Waals surface area contributed by atoms with Crippen LogP contribution in [0.25, 0.3) is 21.7 Å². The number of alkyl halides is 2. The van der Waals surface area contributed by atoms with Crippen LogP contribution < -0.4 is 5.56 Å². The minimum atomic E-state index is -2.89. The number of aromatic amines is 1. The number of aromatic nitrogens is 1. The molecular weight excluding hydrogens is 512 g/mol. The molecule has 0 amide bonds. The largest absolute Gasteiger partial charge is 0.321 e. The van der Waals surface area contributed by atoms with E-state index in [-0.39, 0.29) is 18.5 Å². The van der Waals surface area contributed by atoms with Crippen LogP contribution in [0.4, 0.5) is 8.78 Å². The first-order chi connectivity index (χ1) is 19.8. The minimum absolute atomic E-state index is 0. The van der Waals surface area contributed by atoms with Crippen LogP contribution in [0.15, 0.2) is 71.5 Å². The van der Waals surface area contributed by atoms with Gasteiger partial charge in [-0.25, -0.2) is 8.78 Å². The zero-order chi connectivity index (χ0) is 29.2. The molecule has 1 aromatic heterocycles. The van der Waals surface area contributed by atoms with Crippen molar-refractivity contribution in [1.29, 1.82) is 0 Å². The SMILES string of the molecule is CCCCCCCCCCCCC(C)CC(c1cccc(C(C)(F)F)c1)c1ccc2[nH]c(=O)c3ccccc3c2c1.[HH]. The van der Waals surface area contributed by atoms with Gasteiger partial charge in [0.15, 0.2) is 0 Å². The summed E-state index contributed by atoms with van der Waals surface area (Å²) in [6.45, 7) is 5.52. The maximum atomic E-state index is 14.3. The summed E-state index contributed by atoms with van der Waals surface area (Å²) in [6.07, 6.45) is 15.2. The van der Waals surface area contributed by atoms with Crippen molar-refractivity contribution in [3.8, 4) is 0 Å². The average Bonchev–Trinajstić information content (AvgIpc) is 2.96. The van der Waals surface area contributed by atoms with Crippen LogP contribution in [0.2, 0.25) is 0 Å². The topological polar surface area (TPSA) is 32.9 Å². The van der Waals surface area contributed by atoms with Crippen molar-refractivity contribution in [3.63, 3.8) is 0 Å². The molecule has 0 saturated heterocycles. The number of hydrogen-bond acceptors (Lipinski definition) is 1. The van der Waals surface area contributed by atoms with Crippen LogP contribution in [0.1, 0.15) is 122 Å². The van der Waals surface area contributed by atoms with E-state index < -0.39 is 5.92 Å². The Bertz CT molecular complexity index is 1460. The quantitative estimate of drug-likeness (QED) is 0.107. The summed E-state index contributed by atoms with van der Waals surface area (Å²) < 4.78 is 28.6. The highest BCUT2D eigenvalue weighted by molar-refractivity contribution is 6.05. The van der Waals surface area contributed by atoms with E-state index in [9.17, 15) is 13.6 Å². The molecule has 0 spiro atoms. The predicted molar refractivity (Wildman–Crippen MR) is 172 cm³/mol. The summed E-state index contributed by atoms with van der Waals surface area (Å²) in [4.78, 5) is 15.6. The molecule has 0 radical (unpaired) electrons. The fraction of sp³-hybridized carbons (Fsp3) is 0.486. The number of halogens is 2. The van der Waals surface area contributed by atoms with Gasteiger partial charge in [0.05, 0.1) is 0 Å². The average molecular weight is 562 g/mol. The molecular formula is C37H49F2NO. The summed E-state index contributed by atoms with van der Waals surface area (Å²) in [5.41, 5.74) is 2.77. The Kier molecular flexibility index (Phi) is 11.1. The molecule has 0 fully saturated rings. The molecule has 1 N–H and O–H groups in total. The third kappa shape index (κ3) is 8.50. The second-order valence-electron chi connectivity index (χ2n) is 12.2. The van der Waals surface area contributed by atoms with Gasteiger partial charge in [0.2, 0.25) is 0 Å². The van der Waals surface area contributed by atoms with Crippen LogP contribution in [0, 0.1) is 5.92 Å². The Morgan fingerprint density at radius 2 is 1.39 bits per heavy atom. The predicted octanol–water partition coefficient (Wildman–Crippen LogP) is 11.5. The van der Waals surface area contributed by atoms with E-state index >= 15 is 0 Å². The van der Waals surface area contributed by atoms with Gasteiger partial charge in [-0.1, -0.05) is 127 Å². The highest BCUT2D eigenvalue weighted by Crippen LogP contribution is 2.37. The first-order valence-corrected chi connectivity index (χ1v) is 15.8. The molecule has 222 valence electrons. The first kappa shape index (κ1) is 30.9. The van der Waals surface area contributed by atoms with Gasteiger partial charge in [-0.2, -0.15) is 0 Å². The van der Waals surface area contributed by atoms with Gasteiger partial charge in [-0.15, -0.1) is 0 Å². The number of pyridine rings is 1. The highest BCUT2D eigenvalue weighted by atomic mass is 19.3. The van der Waals surface area contributed by atoms with Gasteiger partial charge in [0.1, 0.15) is 0 Å². The molecule has 4 rings (SSSR count). The van der Waals surface area contributed by atoms with Crippen molar-refractivity contribution < 1.29 is 10.2 Å². The smallest absolute Gasteiger partial charge is 0.270 e. The third-order valence-corrected chi connectivity index (χ3v) is 8.64. The van der Waals surface area contributed by atoms with E-state index in [1.165, 1.54) is 70.3 Å². The van der Waals surface area contributed by atoms with Crippen molar-refractivity contribution in [2.45, 2.75) is 110 Å². The van der Waals surface area contributed by atoms with Gasteiger partial charge in [0, 0.05) is 36.1 Å². The second kappa shape index (κ2) is 14.8. The molecule has 0 aliphatic rings. The van der Waals surface area contributed by atoms with E-state index in [1.54, 1.807) is 12.1 Å². The lowest BCUT2D eigenvalue weighted by atomic mass is 9.81. The summed E-state index contributed by atoms with van der Waals surface area (Å²) in [5, 5.41) is 2.57. The van der Waals surface area contributed by atoms with Crippen LogP contribution in [0.3, 0.4) is 0 Å². The molecule has 2 nitrogen and oxygen atoms in total. The number of nitrogens with one attached hydrogen (secondary N) is 1. The summed E-state index contributed by atoms with van der Waals surface area (Å²) in [7, 11) is 0. The molecule has 4 aromatic rings. The molecule has 4 heteroatoms. The Morgan fingerprint density at radius 3 is 2.07 bits per heavy atom. The zero-order valence-electron chi connectivity index (χ0n) is 25.2. The number of hydrogen-bond donors (Lipinski definition) is 1. The van der Waals surface area contributed by atoms with E-state index in [0.29, 0.717) is 11.3 Å². The van der Waals surface area contributed by atoms with Crippen LogP contribution >= 0.6 is 0 Å². The molecule has 3 aromatic carbocycles. The number of unbranched alkanes of at least 4 members (excludes halogenated alkanes) is 9. The lowest BCUT2D eigenvalue weighted by Crippen LogP contribution is -2.11. The Labute approximate surface area is 246 Å². The number of rotatable bonds is 16. The molecule has 0 aliphatic carbocycles. The van der Waals surface area contributed by atoms with Crippen molar-refractivity contribution >= 4 is 21.7 Å². The Hall–Kier alpha value is -3.01. The lowest BCUT2D eigenvalue weighted by Gasteiger charge is -2.24. The first-order valence-electron chi connectivity index (χ1n) is 15.8. The van der Waals surface area contributed by atoms with E-state index in [2.05, 4.69) is 31.0 Å². The maximum Gasteiger partial charge on any atom is 0.270 e. The van der Waals surface area contributed by atoms with Crippen LogP contribution in [0.5, 0.6) is 0 Å². The van der Waals surface area contributed by atoms with Crippen LogP contribution in [-0.4, -0.2) is 4.98 Å². The van der Waals surface area contributed by atoms with Gasteiger partial charge in [-0.05, 0) is 53.1 Å². The molecule has 41 heavy (non-hydrogen) atoms. The standard InChI is InChI=1S/C37H47F2NO.H2/c1-4-5-6-7-8-9-10-11-12-13-17-27(2)24-33(28-18-16-19-30(25-28)37(3,38)39)29-22-23-35-34(26-29)31-20-14-15-21-32(31)36(41)40-35;/h14-16,18-23,25-27,33H,4-13,17,24H2,1-3H3,(H,40,41);1H. The molecule has 2 atom stereocenters. The van der Waals surface area contributed by atoms with Gasteiger partial charge in [0.25, 0.3) is 11.5 Å². The molecule has 2 unspecified atom stereocenters. The summed E-state index contributed by atoms with van der Waals surface area (Å²) >= 11 is 0.